The van der Waals surface area contributed by atoms with Gasteiger partial charge >= 0.3 is 23.1 Å². The van der Waals surface area contributed by atoms with Gasteiger partial charge in [0.1, 0.15) is 61.0 Å². The van der Waals surface area contributed by atoms with Crippen LogP contribution in [0, 0.1) is 0 Å². The maximum absolute atomic E-state index is 10.1. The molecule has 0 spiro atoms. The smallest absolute Gasteiger partial charge is 0.547 e. The molecule has 0 bridgehead atoms. The van der Waals surface area contributed by atoms with Crippen LogP contribution in [0.3, 0.4) is 0 Å². The van der Waals surface area contributed by atoms with E-state index in [9.17, 15) is 19.8 Å². The molecule has 0 amide bonds. The number of carboxylic acid groups (broad SMARTS) is 2. The van der Waals surface area contributed by atoms with Crippen LogP contribution in [0.15, 0.2) is 0 Å². The summed E-state index contributed by atoms with van der Waals surface area (Å²) < 4.78 is 0. The summed E-state index contributed by atoms with van der Waals surface area (Å²) in [6.45, 7) is -1.79. The van der Waals surface area contributed by atoms with E-state index in [4.69, 9.17) is 61.3 Å². The predicted molar refractivity (Wildman–Crippen MR) is 90.0 cm³/mol. The van der Waals surface area contributed by atoms with Crippen molar-refractivity contribution in [1.82, 2.24) is 0 Å². The summed E-state index contributed by atoms with van der Waals surface area (Å²) in [5.41, 5.74) is 0. The van der Waals surface area contributed by atoms with Gasteiger partial charge in [0.25, 0.3) is 0 Å². The maximum atomic E-state index is 10.1. The largest absolute Gasteiger partial charge is 2.00 e. The van der Waals surface area contributed by atoms with Crippen molar-refractivity contribution >= 4 is 35.0 Å². The molecule has 10 atom stereocenters. The van der Waals surface area contributed by atoms with E-state index in [2.05, 4.69) is 0 Å². The molecular weight excluding hydrogens is 448 g/mol. The number of carbonyl (C=O) groups excluding carboxylic acids is 2. The minimum atomic E-state index is -2.40. The molecule has 0 heterocycles. The summed E-state index contributed by atoms with van der Waals surface area (Å²) in [5, 5.41) is 126. The Kier molecular flexibility index (Phi) is 18.9. The number of hydrogen-bond donors (Lipinski definition) is 12. The van der Waals surface area contributed by atoms with E-state index in [1.54, 1.807) is 0 Å². The van der Waals surface area contributed by atoms with E-state index in [0.717, 1.165) is 0 Å². The molecule has 0 radical (unpaired) electrons. The Morgan fingerprint density at radius 1 is 0.516 bits per heavy atom. The van der Waals surface area contributed by atoms with Crippen molar-refractivity contribution in [1.29, 1.82) is 0 Å². The second-order valence-corrected chi connectivity index (χ2v) is 5.97. The van der Waals surface area contributed by atoms with Gasteiger partial charge in [0.05, 0.1) is 25.2 Å². The van der Waals surface area contributed by atoms with Crippen molar-refractivity contribution in [2.75, 3.05) is 13.2 Å². The van der Waals surface area contributed by atoms with Gasteiger partial charge in [-0.25, -0.2) is 0 Å². The van der Waals surface area contributed by atoms with Crippen molar-refractivity contribution < 1.29 is 81.1 Å². The maximum Gasteiger partial charge on any atom is 2.00 e. The number of aliphatic hydroxyl groups excluding tert-OH is 12. The summed E-state index contributed by atoms with van der Waals surface area (Å²) in [7, 11) is 0. The fourth-order valence-corrected chi connectivity index (χ4v) is 1.73. The molecule has 31 heavy (non-hydrogen) atoms. The van der Waals surface area contributed by atoms with E-state index in [-0.39, 0.29) is 23.1 Å². The van der Waals surface area contributed by atoms with Crippen LogP contribution in [-0.4, -0.2) is 171 Å². The summed E-state index contributed by atoms with van der Waals surface area (Å²) in [5.74, 6) is -4.07. The van der Waals surface area contributed by atoms with E-state index >= 15 is 0 Å². The number of aliphatic carboxylic acids is 2. The minimum absolute atomic E-state index is 0. The third-order valence-electron chi connectivity index (χ3n) is 3.69. The Morgan fingerprint density at radius 2 is 0.742 bits per heavy atom. The number of aliphatic hydroxyl groups is 12. The van der Waals surface area contributed by atoms with Crippen LogP contribution in [0.4, 0.5) is 0 Å². The second-order valence-electron chi connectivity index (χ2n) is 5.97. The van der Waals surface area contributed by atoms with Crippen LogP contribution in [0.1, 0.15) is 0 Å². The fraction of sp³-hybridized carbons (Fsp3) is 0.857. The van der Waals surface area contributed by atoms with E-state index in [1.165, 1.54) is 0 Å². The molecule has 16 nitrogen and oxygen atoms in total. The Bertz CT molecular complexity index is 465. The van der Waals surface area contributed by atoms with Crippen molar-refractivity contribution in [3.63, 3.8) is 0 Å². The molecule has 0 aliphatic heterocycles. The molecule has 12 N–H and O–H groups in total. The SMILES string of the molecule is O=C([O-])[C@H](O)[C@H](O)[C@H](O)[C@@H](O)[C@H](O)CO.O=C([O-])[C@H](O)[C@H](O)[C@H](O)[C@@H](O)[C@H](O)CO.[Mg+2]. The zero-order valence-electron chi connectivity index (χ0n) is 15.9. The third kappa shape index (κ3) is 11.6. The van der Waals surface area contributed by atoms with Crippen LogP contribution < -0.4 is 10.2 Å². The molecule has 0 rings (SSSR count). The molecule has 0 aromatic rings. The molecule has 0 unspecified atom stereocenters. The quantitative estimate of drug-likeness (QED) is 0.117. The summed E-state index contributed by atoms with van der Waals surface area (Å²) in [6, 6.07) is 0. The Morgan fingerprint density at radius 3 is 0.903 bits per heavy atom. The fourth-order valence-electron chi connectivity index (χ4n) is 1.73. The molecule has 17 heteroatoms. The summed E-state index contributed by atoms with van der Waals surface area (Å²) in [6.07, 6.45) is -21.0. The van der Waals surface area contributed by atoms with Gasteiger partial charge in [-0.1, -0.05) is 0 Å². The van der Waals surface area contributed by atoms with Gasteiger partial charge in [0.2, 0.25) is 0 Å². The van der Waals surface area contributed by atoms with Crippen LogP contribution in [-0.2, 0) is 9.59 Å². The van der Waals surface area contributed by atoms with Gasteiger partial charge in [-0.2, -0.15) is 0 Å². The topological polar surface area (TPSA) is 323 Å². The zero-order valence-corrected chi connectivity index (χ0v) is 17.3. The number of rotatable bonds is 12. The van der Waals surface area contributed by atoms with Gasteiger partial charge in [0.15, 0.2) is 0 Å². The summed E-state index contributed by atoms with van der Waals surface area (Å²) >= 11 is 0. The van der Waals surface area contributed by atoms with Crippen molar-refractivity contribution in [3.05, 3.63) is 0 Å². The average molecular weight is 475 g/mol. The Labute approximate surface area is 190 Å². The number of carbonyl (C=O) groups is 2. The number of hydrogen-bond acceptors (Lipinski definition) is 16. The molecular formula is C14H26MgO16. The Hall–Kier alpha value is -0.774. The average Bonchev–Trinajstić information content (AvgIpc) is 2.73. The molecule has 0 aromatic carbocycles. The molecule has 180 valence electrons. The second kappa shape index (κ2) is 16.8. The molecule has 0 aliphatic carbocycles. The zero-order chi connectivity index (χ0) is 24.3. The summed E-state index contributed by atoms with van der Waals surface area (Å²) in [4.78, 5) is 20.2. The van der Waals surface area contributed by atoms with Gasteiger partial charge in [-0.3, -0.25) is 0 Å². The molecule has 0 saturated heterocycles. The molecule has 0 aliphatic rings. The molecule has 0 saturated carbocycles. The molecule has 0 fully saturated rings. The first-order valence-electron chi connectivity index (χ1n) is 8.09. The van der Waals surface area contributed by atoms with Crippen LogP contribution >= 0.6 is 0 Å². The van der Waals surface area contributed by atoms with Crippen molar-refractivity contribution in [2.24, 2.45) is 0 Å². The predicted octanol–water partition coefficient (Wildman–Crippen LogP) is -11.3. The first-order valence-corrected chi connectivity index (χ1v) is 8.09. The third-order valence-corrected chi connectivity index (χ3v) is 3.69. The van der Waals surface area contributed by atoms with E-state index < -0.39 is 86.2 Å². The van der Waals surface area contributed by atoms with Gasteiger partial charge in [-0.15, -0.1) is 0 Å². The van der Waals surface area contributed by atoms with E-state index in [1.807, 2.05) is 0 Å². The first kappa shape index (κ1) is 34.8. The van der Waals surface area contributed by atoms with Crippen molar-refractivity contribution in [2.45, 2.75) is 61.0 Å². The molecule has 0 aromatic heterocycles. The van der Waals surface area contributed by atoms with Crippen LogP contribution in [0.5, 0.6) is 0 Å². The van der Waals surface area contributed by atoms with Crippen LogP contribution in [0.2, 0.25) is 0 Å². The van der Waals surface area contributed by atoms with Crippen molar-refractivity contribution in [3.8, 4) is 0 Å². The standard InChI is InChI=1S/2C7H14O8.Mg/c2*8-1-2(9)3(10)4(11)5(12)6(13)7(14)15;/h2*2-6,8-13H,1H2,(H,14,15);/q;;+2/p-2/t2*2-,3+,4-,5-,6-;/m11./s1. The first-order chi connectivity index (χ1) is 13.6. The van der Waals surface area contributed by atoms with E-state index in [0.29, 0.717) is 0 Å². The Balaban J connectivity index is -0.000000490. The van der Waals surface area contributed by atoms with Gasteiger partial charge in [-0.05, 0) is 0 Å². The minimum Gasteiger partial charge on any atom is -0.547 e. The van der Waals surface area contributed by atoms with Gasteiger partial charge in [0, 0.05) is 0 Å². The number of carboxylic acids is 2. The van der Waals surface area contributed by atoms with Crippen LogP contribution in [0.25, 0.3) is 0 Å². The van der Waals surface area contributed by atoms with Gasteiger partial charge < -0.3 is 81.1 Å². The monoisotopic (exact) mass is 474 g/mol. The normalized spacial score (nSPS) is 20.8.